The van der Waals surface area contributed by atoms with Crippen LogP contribution in [0.1, 0.15) is 29.1 Å². The monoisotopic (exact) mass is 336 g/mol. The molecule has 1 saturated heterocycles. The van der Waals surface area contributed by atoms with Gasteiger partial charge in [0, 0.05) is 17.7 Å². The van der Waals surface area contributed by atoms with E-state index in [4.69, 9.17) is 25.6 Å². The number of rotatable bonds is 5. The molecule has 2 heterocycles. The summed E-state index contributed by atoms with van der Waals surface area (Å²) in [4.78, 5) is 12.2. The molecule has 0 saturated carbocycles. The lowest BCUT2D eigenvalue weighted by Crippen LogP contribution is -2.18. The van der Waals surface area contributed by atoms with Gasteiger partial charge in [-0.2, -0.15) is 0 Å². The van der Waals surface area contributed by atoms with E-state index >= 15 is 0 Å². The van der Waals surface area contributed by atoms with Crippen molar-refractivity contribution in [2.45, 2.75) is 25.9 Å². The number of carbonyl (C=O) groups excluding carboxylic acids is 1. The molecule has 0 bridgehead atoms. The lowest BCUT2D eigenvalue weighted by molar-refractivity contribution is 0.0681. The highest BCUT2D eigenvalue weighted by atomic mass is 35.5. The number of ether oxygens (including phenoxy) is 2. The number of nitrogens with zero attached hydrogens (tertiary/aromatic N) is 1. The van der Waals surface area contributed by atoms with Gasteiger partial charge in [-0.15, -0.1) is 0 Å². The maximum absolute atomic E-state index is 12.2. The van der Waals surface area contributed by atoms with Crippen molar-refractivity contribution in [3.05, 3.63) is 40.7 Å². The molecule has 23 heavy (non-hydrogen) atoms. The second-order valence-corrected chi connectivity index (χ2v) is 5.81. The number of carbonyl (C=O) groups is 1. The quantitative estimate of drug-likeness (QED) is 0.905. The Morgan fingerprint density at radius 1 is 1.48 bits per heavy atom. The molecule has 1 N–H and O–H groups in total. The first-order chi connectivity index (χ1) is 11.1. The largest absolute Gasteiger partial charge is 0.489 e. The van der Waals surface area contributed by atoms with Crippen molar-refractivity contribution in [1.82, 2.24) is 5.16 Å². The summed E-state index contributed by atoms with van der Waals surface area (Å²) in [5.74, 6) is 0.261. The third-order valence-corrected chi connectivity index (χ3v) is 3.73. The van der Waals surface area contributed by atoms with Gasteiger partial charge in [0.2, 0.25) is 5.76 Å². The van der Waals surface area contributed by atoms with E-state index < -0.39 is 5.91 Å². The van der Waals surface area contributed by atoms with E-state index in [9.17, 15) is 4.79 Å². The van der Waals surface area contributed by atoms with Gasteiger partial charge in [0.25, 0.3) is 5.91 Å². The number of aromatic nitrogens is 1. The van der Waals surface area contributed by atoms with Crippen molar-refractivity contribution >= 4 is 23.2 Å². The van der Waals surface area contributed by atoms with Crippen molar-refractivity contribution in [1.29, 1.82) is 0 Å². The van der Waals surface area contributed by atoms with E-state index in [2.05, 4.69) is 10.5 Å². The minimum atomic E-state index is -0.408. The van der Waals surface area contributed by atoms with Gasteiger partial charge in [-0.3, -0.25) is 4.79 Å². The van der Waals surface area contributed by atoms with Gasteiger partial charge >= 0.3 is 0 Å². The SMILES string of the molecule is Cc1cc(C(=O)Nc2cc(Cl)ccc2OC[C@H]2CCCO2)on1. The molecule has 6 nitrogen and oxygen atoms in total. The number of aryl methyl sites for hydroxylation is 1. The average Bonchev–Trinajstić information content (AvgIpc) is 3.18. The Hall–Kier alpha value is -2.05. The van der Waals surface area contributed by atoms with Crippen LogP contribution in [0.25, 0.3) is 0 Å². The van der Waals surface area contributed by atoms with E-state index in [-0.39, 0.29) is 11.9 Å². The Bertz CT molecular complexity index is 695. The molecule has 1 aliphatic rings. The van der Waals surface area contributed by atoms with Crippen LogP contribution in [0.2, 0.25) is 5.02 Å². The summed E-state index contributed by atoms with van der Waals surface area (Å²) in [7, 11) is 0. The maximum Gasteiger partial charge on any atom is 0.294 e. The zero-order chi connectivity index (χ0) is 16.2. The van der Waals surface area contributed by atoms with Crippen molar-refractivity contribution in [2.24, 2.45) is 0 Å². The van der Waals surface area contributed by atoms with Gasteiger partial charge in [0.05, 0.1) is 17.5 Å². The summed E-state index contributed by atoms with van der Waals surface area (Å²) in [5, 5.41) is 6.93. The molecule has 1 amide bonds. The summed E-state index contributed by atoms with van der Waals surface area (Å²) in [6, 6.07) is 6.62. The Morgan fingerprint density at radius 3 is 3.04 bits per heavy atom. The number of benzene rings is 1. The first-order valence-electron chi connectivity index (χ1n) is 7.40. The Morgan fingerprint density at radius 2 is 2.35 bits per heavy atom. The van der Waals surface area contributed by atoms with Crippen LogP contribution in [0.3, 0.4) is 0 Å². The third kappa shape index (κ3) is 4.03. The van der Waals surface area contributed by atoms with E-state index in [0.717, 1.165) is 19.4 Å². The van der Waals surface area contributed by atoms with Gasteiger partial charge in [-0.1, -0.05) is 16.8 Å². The molecule has 0 aliphatic carbocycles. The van der Waals surface area contributed by atoms with Crippen LogP contribution in [0.15, 0.2) is 28.8 Å². The molecule has 0 unspecified atom stereocenters. The van der Waals surface area contributed by atoms with Crippen LogP contribution in [0.5, 0.6) is 5.75 Å². The van der Waals surface area contributed by atoms with Gasteiger partial charge in [-0.25, -0.2) is 0 Å². The number of halogens is 1. The summed E-state index contributed by atoms with van der Waals surface area (Å²) in [6.45, 7) is 2.95. The van der Waals surface area contributed by atoms with Crippen molar-refractivity contribution in [3.8, 4) is 5.75 Å². The number of hydrogen-bond acceptors (Lipinski definition) is 5. The number of anilines is 1. The molecule has 7 heteroatoms. The predicted molar refractivity (Wildman–Crippen MR) is 85.1 cm³/mol. The van der Waals surface area contributed by atoms with Crippen molar-refractivity contribution in [2.75, 3.05) is 18.5 Å². The highest BCUT2D eigenvalue weighted by Gasteiger charge is 2.18. The highest BCUT2D eigenvalue weighted by molar-refractivity contribution is 6.31. The molecule has 122 valence electrons. The Kier molecular flexibility index (Phi) is 4.83. The average molecular weight is 337 g/mol. The van der Waals surface area contributed by atoms with Crippen LogP contribution in [-0.2, 0) is 4.74 Å². The van der Waals surface area contributed by atoms with Crippen LogP contribution >= 0.6 is 11.6 Å². The molecule has 0 spiro atoms. The van der Waals surface area contributed by atoms with Crippen LogP contribution in [-0.4, -0.2) is 30.4 Å². The van der Waals surface area contributed by atoms with Crippen LogP contribution in [0.4, 0.5) is 5.69 Å². The molecule has 1 atom stereocenters. The molecule has 2 aromatic rings. The van der Waals surface area contributed by atoms with Gasteiger partial charge in [0.15, 0.2) is 0 Å². The van der Waals surface area contributed by atoms with Gasteiger partial charge in [0.1, 0.15) is 12.4 Å². The predicted octanol–water partition coefficient (Wildman–Crippen LogP) is 3.45. The number of amides is 1. The molecular weight excluding hydrogens is 320 g/mol. The zero-order valence-electron chi connectivity index (χ0n) is 12.7. The first kappa shape index (κ1) is 15.8. The second-order valence-electron chi connectivity index (χ2n) is 5.37. The zero-order valence-corrected chi connectivity index (χ0v) is 13.4. The highest BCUT2D eigenvalue weighted by Crippen LogP contribution is 2.29. The molecule has 0 radical (unpaired) electrons. The fourth-order valence-electron chi connectivity index (χ4n) is 2.34. The summed E-state index contributed by atoms with van der Waals surface area (Å²) >= 11 is 6.01. The maximum atomic E-state index is 12.2. The lowest BCUT2D eigenvalue weighted by Gasteiger charge is -2.15. The van der Waals surface area contributed by atoms with E-state index in [1.807, 2.05) is 0 Å². The van der Waals surface area contributed by atoms with Crippen molar-refractivity contribution in [3.63, 3.8) is 0 Å². The van der Waals surface area contributed by atoms with Crippen LogP contribution < -0.4 is 10.1 Å². The topological polar surface area (TPSA) is 73.6 Å². The standard InChI is InChI=1S/C16H17ClN2O4/c1-10-7-15(23-19-10)16(20)18-13-8-11(17)4-5-14(13)22-9-12-3-2-6-21-12/h4-5,7-8,12H,2-3,6,9H2,1H3,(H,18,20)/t12-/m1/s1. The minimum Gasteiger partial charge on any atom is -0.489 e. The van der Waals surface area contributed by atoms with Gasteiger partial charge in [-0.05, 0) is 38.0 Å². The lowest BCUT2D eigenvalue weighted by atomic mass is 10.2. The first-order valence-corrected chi connectivity index (χ1v) is 7.78. The van der Waals surface area contributed by atoms with E-state index in [0.29, 0.717) is 28.8 Å². The van der Waals surface area contributed by atoms with E-state index in [1.165, 1.54) is 0 Å². The number of nitrogens with one attached hydrogen (secondary N) is 1. The molecular formula is C16H17ClN2O4. The fraction of sp³-hybridized carbons (Fsp3) is 0.375. The Labute approximate surface area is 138 Å². The second kappa shape index (κ2) is 7.02. The van der Waals surface area contributed by atoms with Crippen molar-refractivity contribution < 1.29 is 18.8 Å². The van der Waals surface area contributed by atoms with Crippen LogP contribution in [0, 0.1) is 6.92 Å². The minimum absolute atomic E-state index is 0.0890. The molecule has 1 aromatic carbocycles. The van der Waals surface area contributed by atoms with E-state index in [1.54, 1.807) is 31.2 Å². The summed E-state index contributed by atoms with van der Waals surface area (Å²) in [6.07, 6.45) is 2.11. The molecule has 1 aromatic heterocycles. The molecule has 1 aliphatic heterocycles. The molecule has 1 fully saturated rings. The normalized spacial score (nSPS) is 17.2. The number of hydrogen-bond donors (Lipinski definition) is 1. The summed E-state index contributed by atoms with van der Waals surface area (Å²) < 4.78 is 16.3. The fourth-order valence-corrected chi connectivity index (χ4v) is 2.51. The third-order valence-electron chi connectivity index (χ3n) is 3.49. The smallest absolute Gasteiger partial charge is 0.294 e. The van der Waals surface area contributed by atoms with Gasteiger partial charge < -0.3 is 19.3 Å². The molecule has 3 rings (SSSR count). The Balaban J connectivity index is 1.71. The summed E-state index contributed by atoms with van der Waals surface area (Å²) in [5.41, 5.74) is 1.12.